The third-order valence-electron chi connectivity index (χ3n) is 3.36. The van der Waals surface area contributed by atoms with E-state index in [1.807, 2.05) is 0 Å². The van der Waals surface area contributed by atoms with Gasteiger partial charge in [-0.15, -0.1) is 0 Å². The molecule has 3 heteroatoms. The van der Waals surface area contributed by atoms with Gasteiger partial charge in [0.1, 0.15) is 0 Å². The Labute approximate surface area is 79.2 Å². The second-order valence-corrected chi connectivity index (χ2v) is 4.50. The van der Waals surface area contributed by atoms with E-state index in [0.717, 1.165) is 38.6 Å². The second kappa shape index (κ2) is 3.95. The van der Waals surface area contributed by atoms with Crippen LogP contribution in [0.5, 0.6) is 0 Å². The number of nitrogens with one attached hydrogen (secondary N) is 1. The lowest BCUT2D eigenvalue weighted by atomic mass is 9.82. The van der Waals surface area contributed by atoms with Crippen molar-refractivity contribution in [2.75, 3.05) is 6.54 Å². The second-order valence-electron chi connectivity index (χ2n) is 4.50. The summed E-state index contributed by atoms with van der Waals surface area (Å²) in [6.45, 7) is 0.971. The van der Waals surface area contributed by atoms with Crippen LogP contribution in [0.2, 0.25) is 0 Å². The minimum Gasteiger partial charge on any atom is -0.393 e. The van der Waals surface area contributed by atoms with E-state index in [1.165, 1.54) is 0 Å². The fraction of sp³-hybridized carbons (Fsp3) is 1.00. The number of aliphatic hydroxyl groups excluding tert-OH is 2. The first-order chi connectivity index (χ1) is 6.25. The van der Waals surface area contributed by atoms with Crippen molar-refractivity contribution in [2.45, 2.75) is 50.4 Å². The van der Waals surface area contributed by atoms with Gasteiger partial charge in [0.2, 0.25) is 0 Å². The highest BCUT2D eigenvalue weighted by Crippen LogP contribution is 2.27. The molecule has 0 radical (unpaired) electrons. The zero-order valence-electron chi connectivity index (χ0n) is 7.95. The van der Waals surface area contributed by atoms with Gasteiger partial charge in [0.15, 0.2) is 0 Å². The average molecular weight is 185 g/mol. The normalized spacial score (nSPS) is 44.8. The maximum atomic E-state index is 9.53. The number of rotatable bonds is 3. The highest BCUT2D eigenvalue weighted by atomic mass is 16.3. The molecule has 13 heavy (non-hydrogen) atoms. The summed E-state index contributed by atoms with van der Waals surface area (Å²) in [6, 6.07) is 0.317. The lowest BCUT2D eigenvalue weighted by Gasteiger charge is -2.32. The topological polar surface area (TPSA) is 52.5 Å². The van der Waals surface area contributed by atoms with Crippen LogP contribution in [0.15, 0.2) is 0 Å². The zero-order chi connectivity index (χ0) is 9.26. The molecule has 0 aromatic rings. The Morgan fingerprint density at radius 3 is 2.46 bits per heavy atom. The maximum absolute atomic E-state index is 9.53. The number of hydrogen-bond donors (Lipinski definition) is 3. The van der Waals surface area contributed by atoms with E-state index >= 15 is 0 Å². The van der Waals surface area contributed by atoms with Gasteiger partial charge in [-0.3, -0.25) is 0 Å². The molecule has 2 aliphatic rings. The minimum atomic E-state index is -0.134. The fourth-order valence-electron chi connectivity index (χ4n) is 2.36. The highest BCUT2D eigenvalue weighted by molar-refractivity contribution is 4.86. The van der Waals surface area contributed by atoms with Crippen molar-refractivity contribution < 1.29 is 10.2 Å². The van der Waals surface area contributed by atoms with E-state index < -0.39 is 0 Å². The van der Waals surface area contributed by atoms with Crippen molar-refractivity contribution in [1.29, 1.82) is 0 Å². The van der Waals surface area contributed by atoms with Crippen molar-refractivity contribution in [3.8, 4) is 0 Å². The van der Waals surface area contributed by atoms with Crippen molar-refractivity contribution in [3.05, 3.63) is 0 Å². The van der Waals surface area contributed by atoms with Crippen molar-refractivity contribution >= 4 is 0 Å². The lowest BCUT2D eigenvalue weighted by molar-refractivity contribution is 0.0391. The summed E-state index contributed by atoms with van der Waals surface area (Å²) >= 11 is 0. The number of hydrogen-bond acceptors (Lipinski definition) is 3. The van der Waals surface area contributed by atoms with E-state index in [-0.39, 0.29) is 12.2 Å². The largest absolute Gasteiger partial charge is 0.393 e. The van der Waals surface area contributed by atoms with Crippen LogP contribution in [-0.4, -0.2) is 35.0 Å². The molecule has 0 aliphatic heterocycles. The molecule has 0 heterocycles. The smallest absolute Gasteiger partial charge is 0.0693 e. The molecule has 0 amide bonds. The molecule has 2 atom stereocenters. The van der Waals surface area contributed by atoms with Gasteiger partial charge in [0, 0.05) is 6.04 Å². The summed E-state index contributed by atoms with van der Waals surface area (Å²) in [4.78, 5) is 0. The Kier molecular flexibility index (Phi) is 2.86. The van der Waals surface area contributed by atoms with Gasteiger partial charge in [0.05, 0.1) is 12.2 Å². The Morgan fingerprint density at radius 2 is 1.92 bits per heavy atom. The average Bonchev–Trinajstić information content (AvgIpc) is 2.43. The molecule has 3 nitrogen and oxygen atoms in total. The highest BCUT2D eigenvalue weighted by Gasteiger charge is 2.30. The molecule has 0 aromatic heterocycles. The maximum Gasteiger partial charge on any atom is 0.0693 e. The molecule has 0 saturated heterocycles. The van der Waals surface area contributed by atoms with Gasteiger partial charge >= 0.3 is 0 Å². The summed E-state index contributed by atoms with van der Waals surface area (Å²) in [5, 5.41) is 22.0. The molecule has 3 N–H and O–H groups in total. The molecule has 76 valence electrons. The van der Waals surface area contributed by atoms with Crippen LogP contribution < -0.4 is 5.32 Å². The van der Waals surface area contributed by atoms with Crippen molar-refractivity contribution in [2.24, 2.45) is 5.92 Å². The van der Waals surface area contributed by atoms with E-state index in [1.54, 1.807) is 0 Å². The number of aliphatic hydroxyl groups is 2. The summed E-state index contributed by atoms with van der Waals surface area (Å²) in [6.07, 6.45) is 4.89. The standard InChI is InChI=1S/C10H19NO2/c12-8-4-7(5-8)6-11-9-2-1-3-10(9)13/h7-13H,1-6H2/t7?,8?,9-,10-/m1/s1. The Balaban J connectivity index is 1.62. The Morgan fingerprint density at radius 1 is 1.15 bits per heavy atom. The third kappa shape index (κ3) is 2.22. The zero-order valence-corrected chi connectivity index (χ0v) is 7.95. The van der Waals surface area contributed by atoms with Crippen LogP contribution in [0, 0.1) is 5.92 Å². The molecule has 0 aromatic carbocycles. The monoisotopic (exact) mass is 185 g/mol. The van der Waals surface area contributed by atoms with Gasteiger partial charge < -0.3 is 15.5 Å². The summed E-state index contributed by atoms with van der Waals surface area (Å²) in [5.41, 5.74) is 0. The van der Waals surface area contributed by atoms with Gasteiger partial charge in [0.25, 0.3) is 0 Å². The van der Waals surface area contributed by atoms with Crippen molar-refractivity contribution in [1.82, 2.24) is 5.32 Å². The fourth-order valence-corrected chi connectivity index (χ4v) is 2.36. The summed E-state index contributed by atoms with van der Waals surface area (Å²) in [7, 11) is 0. The summed E-state index contributed by atoms with van der Waals surface area (Å²) < 4.78 is 0. The predicted molar refractivity (Wildman–Crippen MR) is 50.4 cm³/mol. The Bertz CT molecular complexity index is 168. The molecule has 0 spiro atoms. The van der Waals surface area contributed by atoms with E-state index in [2.05, 4.69) is 5.32 Å². The van der Waals surface area contributed by atoms with Crippen LogP contribution in [-0.2, 0) is 0 Å². The van der Waals surface area contributed by atoms with Crippen LogP contribution in [0.4, 0.5) is 0 Å². The summed E-state index contributed by atoms with van der Waals surface area (Å²) in [5.74, 6) is 0.641. The van der Waals surface area contributed by atoms with Gasteiger partial charge in [-0.25, -0.2) is 0 Å². The lowest BCUT2D eigenvalue weighted by Crippen LogP contribution is -2.42. The molecular formula is C10H19NO2. The Hall–Kier alpha value is -0.120. The minimum absolute atomic E-state index is 0.0553. The van der Waals surface area contributed by atoms with Gasteiger partial charge in [-0.2, -0.15) is 0 Å². The SMILES string of the molecule is OC1CC(CN[C@@H]2CCC[C@H]2O)C1. The van der Waals surface area contributed by atoms with E-state index in [9.17, 15) is 5.11 Å². The third-order valence-corrected chi connectivity index (χ3v) is 3.36. The van der Waals surface area contributed by atoms with E-state index in [4.69, 9.17) is 5.11 Å². The predicted octanol–water partition coefficient (Wildman–Crippen LogP) is 0.260. The first kappa shape index (κ1) is 9.44. The molecule has 0 bridgehead atoms. The molecule has 2 saturated carbocycles. The van der Waals surface area contributed by atoms with Gasteiger partial charge in [-0.05, 0) is 44.6 Å². The van der Waals surface area contributed by atoms with Crippen LogP contribution in [0.3, 0.4) is 0 Å². The van der Waals surface area contributed by atoms with Crippen LogP contribution in [0.1, 0.15) is 32.1 Å². The van der Waals surface area contributed by atoms with Crippen molar-refractivity contribution in [3.63, 3.8) is 0 Å². The first-order valence-electron chi connectivity index (χ1n) is 5.35. The van der Waals surface area contributed by atoms with E-state index in [0.29, 0.717) is 12.0 Å². The van der Waals surface area contributed by atoms with Crippen LogP contribution >= 0.6 is 0 Å². The molecule has 0 unspecified atom stereocenters. The van der Waals surface area contributed by atoms with Gasteiger partial charge in [-0.1, -0.05) is 0 Å². The quantitative estimate of drug-likeness (QED) is 0.591. The first-order valence-corrected chi connectivity index (χ1v) is 5.35. The molecular weight excluding hydrogens is 166 g/mol. The van der Waals surface area contributed by atoms with Crippen LogP contribution in [0.25, 0.3) is 0 Å². The molecule has 2 rings (SSSR count). The molecule has 2 aliphatic carbocycles. The molecule has 2 fully saturated rings.